The molecule has 1 aliphatic rings. The molecule has 0 fully saturated rings. The zero-order chi connectivity index (χ0) is 18.5. The number of carbonyl (C=O) groups is 2. The number of aryl methyl sites for hydroxylation is 2. The van der Waals surface area contributed by atoms with E-state index < -0.39 is 0 Å². The number of hydrogen-bond acceptors (Lipinski definition) is 4. The molecule has 0 radical (unpaired) electrons. The van der Waals surface area contributed by atoms with E-state index in [1.54, 1.807) is 7.11 Å². The van der Waals surface area contributed by atoms with Gasteiger partial charge in [0.25, 0.3) is 5.91 Å². The number of thiophene rings is 1. The Morgan fingerprint density at radius 1 is 1.23 bits per heavy atom. The quantitative estimate of drug-likeness (QED) is 0.792. The van der Waals surface area contributed by atoms with Crippen molar-refractivity contribution < 1.29 is 14.3 Å². The second-order valence-corrected chi connectivity index (χ2v) is 7.89. The smallest absolute Gasteiger partial charge is 0.279 e. The Morgan fingerprint density at radius 3 is 2.73 bits per heavy atom. The SMILES string of the molecule is COc1ccc(CCC(=O)NNC(=O)c2cc3c(s2)CCC(C)C3)cc1. The molecule has 138 valence electrons. The van der Waals surface area contributed by atoms with Gasteiger partial charge >= 0.3 is 0 Å². The second kappa shape index (κ2) is 8.36. The predicted octanol–water partition coefficient (Wildman–Crippen LogP) is 3.28. The molecule has 0 saturated heterocycles. The van der Waals surface area contributed by atoms with E-state index in [4.69, 9.17) is 4.74 Å². The van der Waals surface area contributed by atoms with Crippen LogP contribution in [0.4, 0.5) is 0 Å². The molecule has 0 bridgehead atoms. The Labute approximate surface area is 157 Å². The summed E-state index contributed by atoms with van der Waals surface area (Å²) in [6, 6.07) is 9.57. The molecule has 1 atom stereocenters. The van der Waals surface area contributed by atoms with Crippen LogP contribution in [-0.4, -0.2) is 18.9 Å². The summed E-state index contributed by atoms with van der Waals surface area (Å²) in [5.74, 6) is 1.02. The van der Waals surface area contributed by atoms with E-state index in [-0.39, 0.29) is 11.8 Å². The Kier molecular flexibility index (Phi) is 5.93. The van der Waals surface area contributed by atoms with Gasteiger partial charge in [0.2, 0.25) is 5.91 Å². The summed E-state index contributed by atoms with van der Waals surface area (Å²) in [5, 5.41) is 0. The van der Waals surface area contributed by atoms with Gasteiger partial charge in [0.1, 0.15) is 5.75 Å². The minimum atomic E-state index is -0.241. The van der Waals surface area contributed by atoms with E-state index in [1.165, 1.54) is 28.2 Å². The van der Waals surface area contributed by atoms with Crippen LogP contribution in [0.25, 0.3) is 0 Å². The van der Waals surface area contributed by atoms with Crippen molar-refractivity contribution in [2.75, 3.05) is 7.11 Å². The van der Waals surface area contributed by atoms with E-state index in [2.05, 4.69) is 17.8 Å². The van der Waals surface area contributed by atoms with Crippen LogP contribution < -0.4 is 15.6 Å². The summed E-state index contributed by atoms with van der Waals surface area (Å²) in [6.45, 7) is 2.24. The Bertz CT molecular complexity index is 783. The normalized spacial score (nSPS) is 15.8. The third-order valence-electron chi connectivity index (χ3n) is 4.67. The van der Waals surface area contributed by atoms with E-state index in [0.717, 1.165) is 24.2 Å². The van der Waals surface area contributed by atoms with Crippen molar-refractivity contribution in [1.29, 1.82) is 0 Å². The summed E-state index contributed by atoms with van der Waals surface area (Å²) >= 11 is 1.54. The molecule has 26 heavy (non-hydrogen) atoms. The van der Waals surface area contributed by atoms with Crippen molar-refractivity contribution in [1.82, 2.24) is 10.9 Å². The monoisotopic (exact) mass is 372 g/mol. The number of fused-ring (bicyclic) bond motifs is 1. The average Bonchev–Trinajstić information content (AvgIpc) is 3.08. The first-order valence-electron chi connectivity index (χ1n) is 8.89. The van der Waals surface area contributed by atoms with Gasteiger partial charge in [0.05, 0.1) is 12.0 Å². The third-order valence-corrected chi connectivity index (χ3v) is 5.90. The number of carbonyl (C=O) groups excluding carboxylic acids is 2. The van der Waals surface area contributed by atoms with Crippen LogP contribution >= 0.6 is 11.3 Å². The highest BCUT2D eigenvalue weighted by atomic mass is 32.1. The zero-order valence-electron chi connectivity index (χ0n) is 15.1. The van der Waals surface area contributed by atoms with Crippen molar-refractivity contribution in [3.8, 4) is 5.75 Å². The number of rotatable bonds is 5. The largest absolute Gasteiger partial charge is 0.497 e. The summed E-state index contributed by atoms with van der Waals surface area (Å²) in [7, 11) is 1.62. The van der Waals surface area contributed by atoms with Gasteiger partial charge in [-0.25, -0.2) is 0 Å². The molecule has 1 heterocycles. The Balaban J connectivity index is 1.46. The predicted molar refractivity (Wildman–Crippen MR) is 102 cm³/mol. The molecule has 1 aromatic carbocycles. The van der Waals surface area contributed by atoms with Crippen LogP contribution in [0, 0.1) is 5.92 Å². The number of benzene rings is 1. The molecule has 0 spiro atoms. The summed E-state index contributed by atoms with van der Waals surface area (Å²) < 4.78 is 5.11. The second-order valence-electron chi connectivity index (χ2n) is 6.76. The van der Waals surface area contributed by atoms with Crippen LogP contribution in [0.15, 0.2) is 30.3 Å². The van der Waals surface area contributed by atoms with Crippen LogP contribution in [0.2, 0.25) is 0 Å². The molecule has 1 unspecified atom stereocenters. The number of ether oxygens (including phenoxy) is 1. The number of amides is 2. The Morgan fingerprint density at radius 2 is 2.00 bits per heavy atom. The molecule has 2 aromatic rings. The lowest BCUT2D eigenvalue weighted by molar-refractivity contribution is -0.121. The van der Waals surface area contributed by atoms with Crippen molar-refractivity contribution in [3.05, 3.63) is 51.2 Å². The molecule has 0 aliphatic heterocycles. The standard InChI is InChI=1S/C20H24N2O3S/c1-13-3-9-17-15(11-13)12-18(26-17)20(24)22-21-19(23)10-6-14-4-7-16(25-2)8-5-14/h4-5,7-8,12-13H,3,6,9-11H2,1-2H3,(H,21,23)(H,22,24). The fourth-order valence-electron chi connectivity index (χ4n) is 3.12. The highest BCUT2D eigenvalue weighted by Gasteiger charge is 2.20. The number of hydrazine groups is 1. The van der Waals surface area contributed by atoms with Crippen molar-refractivity contribution >= 4 is 23.2 Å². The topological polar surface area (TPSA) is 67.4 Å². The summed E-state index contributed by atoms with van der Waals surface area (Å²) in [5.41, 5.74) is 7.36. The van der Waals surface area contributed by atoms with E-state index in [0.29, 0.717) is 23.6 Å². The highest BCUT2D eigenvalue weighted by Crippen LogP contribution is 2.32. The molecule has 6 heteroatoms. The maximum atomic E-state index is 12.3. The van der Waals surface area contributed by atoms with Gasteiger partial charge in [0.15, 0.2) is 0 Å². The number of nitrogens with one attached hydrogen (secondary N) is 2. The van der Waals surface area contributed by atoms with Gasteiger partial charge in [-0.3, -0.25) is 20.4 Å². The van der Waals surface area contributed by atoms with Crippen molar-refractivity contribution in [2.24, 2.45) is 5.92 Å². The van der Waals surface area contributed by atoms with Crippen molar-refractivity contribution in [2.45, 2.75) is 39.0 Å². The van der Waals surface area contributed by atoms with Gasteiger partial charge in [-0.1, -0.05) is 19.1 Å². The highest BCUT2D eigenvalue weighted by molar-refractivity contribution is 7.14. The average molecular weight is 372 g/mol. The molecule has 2 N–H and O–H groups in total. The van der Waals surface area contributed by atoms with Gasteiger partial charge in [0, 0.05) is 11.3 Å². The zero-order valence-corrected chi connectivity index (χ0v) is 15.9. The van der Waals surface area contributed by atoms with Gasteiger partial charge in [-0.15, -0.1) is 11.3 Å². The molecule has 0 saturated carbocycles. The van der Waals surface area contributed by atoms with E-state index in [1.807, 2.05) is 30.3 Å². The van der Waals surface area contributed by atoms with E-state index in [9.17, 15) is 9.59 Å². The number of hydrogen-bond donors (Lipinski definition) is 2. The molecule has 2 amide bonds. The van der Waals surface area contributed by atoms with Crippen LogP contribution in [0.1, 0.15) is 45.4 Å². The lowest BCUT2D eigenvalue weighted by Crippen LogP contribution is -2.41. The molecule has 5 nitrogen and oxygen atoms in total. The maximum absolute atomic E-state index is 12.3. The minimum Gasteiger partial charge on any atom is -0.497 e. The first-order chi connectivity index (χ1) is 12.5. The molecule has 1 aromatic heterocycles. The maximum Gasteiger partial charge on any atom is 0.279 e. The van der Waals surface area contributed by atoms with E-state index >= 15 is 0 Å². The van der Waals surface area contributed by atoms with Crippen LogP contribution in [-0.2, 0) is 24.1 Å². The minimum absolute atomic E-state index is 0.205. The molecular formula is C20H24N2O3S. The van der Waals surface area contributed by atoms with Crippen LogP contribution in [0.3, 0.4) is 0 Å². The lowest BCUT2D eigenvalue weighted by atomic mass is 9.90. The van der Waals surface area contributed by atoms with Gasteiger partial charge in [-0.2, -0.15) is 0 Å². The first-order valence-corrected chi connectivity index (χ1v) is 9.70. The van der Waals surface area contributed by atoms with Gasteiger partial charge < -0.3 is 4.74 Å². The fourth-order valence-corrected chi connectivity index (χ4v) is 4.22. The molecule has 1 aliphatic carbocycles. The number of methoxy groups -OCH3 is 1. The molecular weight excluding hydrogens is 348 g/mol. The first kappa shape index (κ1) is 18.5. The molecule has 3 rings (SSSR count). The lowest BCUT2D eigenvalue weighted by Gasteiger charge is -2.16. The Hall–Kier alpha value is -2.34. The fraction of sp³-hybridized carbons (Fsp3) is 0.400. The summed E-state index contributed by atoms with van der Waals surface area (Å²) in [4.78, 5) is 26.2. The van der Waals surface area contributed by atoms with Crippen LogP contribution in [0.5, 0.6) is 5.75 Å². The summed E-state index contributed by atoms with van der Waals surface area (Å²) in [6.07, 6.45) is 4.18. The van der Waals surface area contributed by atoms with Crippen molar-refractivity contribution in [3.63, 3.8) is 0 Å². The third kappa shape index (κ3) is 4.64. The van der Waals surface area contributed by atoms with Gasteiger partial charge in [-0.05, 0) is 60.9 Å².